The Hall–Kier alpha value is -2.60. The van der Waals surface area contributed by atoms with Crippen LogP contribution in [-0.4, -0.2) is 36.6 Å². The SMILES string of the molecule is CCC1Oc2cc(OCCN3CCCC3c3cccc(F)c3)ccc2NC1=O. The third-order valence-corrected chi connectivity index (χ3v) is 5.39. The number of rotatable bonds is 6. The number of nitrogens with one attached hydrogen (secondary N) is 1. The highest BCUT2D eigenvalue weighted by Gasteiger charge is 2.27. The minimum absolute atomic E-state index is 0.110. The number of halogens is 1. The summed E-state index contributed by atoms with van der Waals surface area (Å²) < 4.78 is 25.2. The van der Waals surface area contributed by atoms with E-state index in [2.05, 4.69) is 10.2 Å². The summed E-state index contributed by atoms with van der Waals surface area (Å²) in [6.45, 7) is 4.21. The Bertz CT molecular complexity index is 857. The molecule has 6 heteroatoms. The molecule has 2 aromatic carbocycles. The Labute approximate surface area is 164 Å². The molecular weight excluding hydrogens is 359 g/mol. The Morgan fingerprint density at radius 1 is 1.29 bits per heavy atom. The summed E-state index contributed by atoms with van der Waals surface area (Å²) in [6, 6.07) is 12.6. The van der Waals surface area contributed by atoms with Gasteiger partial charge in [0.25, 0.3) is 5.91 Å². The number of hydrogen-bond acceptors (Lipinski definition) is 4. The van der Waals surface area contributed by atoms with Crippen molar-refractivity contribution in [3.63, 3.8) is 0 Å². The van der Waals surface area contributed by atoms with Gasteiger partial charge in [0.2, 0.25) is 0 Å². The van der Waals surface area contributed by atoms with E-state index in [4.69, 9.17) is 9.47 Å². The average Bonchev–Trinajstić information content (AvgIpc) is 3.16. The first-order valence-corrected chi connectivity index (χ1v) is 9.88. The van der Waals surface area contributed by atoms with Gasteiger partial charge in [0, 0.05) is 18.7 Å². The molecule has 0 saturated carbocycles. The minimum Gasteiger partial charge on any atom is -0.492 e. The van der Waals surface area contributed by atoms with Crippen molar-refractivity contribution in [2.24, 2.45) is 0 Å². The summed E-state index contributed by atoms with van der Waals surface area (Å²) in [7, 11) is 0. The van der Waals surface area contributed by atoms with Crippen molar-refractivity contribution in [3.8, 4) is 11.5 Å². The summed E-state index contributed by atoms with van der Waals surface area (Å²) in [5.74, 6) is 1.06. The summed E-state index contributed by atoms with van der Waals surface area (Å²) in [5, 5.41) is 2.86. The number of likely N-dealkylation sites (tertiary alicyclic amines) is 1. The fraction of sp³-hybridized carbons (Fsp3) is 0.409. The number of anilines is 1. The number of amides is 1. The zero-order valence-corrected chi connectivity index (χ0v) is 16.0. The normalized spacial score (nSPS) is 21.7. The monoisotopic (exact) mass is 384 g/mol. The van der Waals surface area contributed by atoms with Gasteiger partial charge in [-0.2, -0.15) is 0 Å². The van der Waals surface area contributed by atoms with Gasteiger partial charge in [-0.25, -0.2) is 4.39 Å². The lowest BCUT2D eigenvalue weighted by atomic mass is 10.0. The predicted molar refractivity (Wildman–Crippen MR) is 105 cm³/mol. The maximum Gasteiger partial charge on any atom is 0.265 e. The fourth-order valence-electron chi connectivity index (χ4n) is 3.95. The minimum atomic E-state index is -0.459. The number of carbonyl (C=O) groups excluding carboxylic acids is 1. The van der Waals surface area contributed by atoms with Gasteiger partial charge in [0.05, 0.1) is 5.69 Å². The Morgan fingerprint density at radius 2 is 2.18 bits per heavy atom. The summed E-state index contributed by atoms with van der Waals surface area (Å²) >= 11 is 0. The van der Waals surface area contributed by atoms with E-state index in [0.717, 1.165) is 31.5 Å². The number of benzene rings is 2. The Kier molecular flexibility index (Phi) is 5.48. The van der Waals surface area contributed by atoms with Gasteiger partial charge in [0.1, 0.15) is 23.9 Å². The average molecular weight is 384 g/mol. The van der Waals surface area contributed by atoms with Crippen LogP contribution in [0.15, 0.2) is 42.5 Å². The highest BCUT2D eigenvalue weighted by atomic mass is 19.1. The lowest BCUT2D eigenvalue weighted by Gasteiger charge is -2.26. The second kappa shape index (κ2) is 8.19. The summed E-state index contributed by atoms with van der Waals surface area (Å²) in [5.41, 5.74) is 1.70. The van der Waals surface area contributed by atoms with Crippen LogP contribution in [0.1, 0.15) is 37.8 Å². The van der Waals surface area contributed by atoms with Crippen molar-refractivity contribution in [1.82, 2.24) is 4.90 Å². The van der Waals surface area contributed by atoms with E-state index in [-0.39, 0.29) is 17.8 Å². The molecule has 1 N–H and O–H groups in total. The van der Waals surface area contributed by atoms with E-state index >= 15 is 0 Å². The smallest absolute Gasteiger partial charge is 0.265 e. The van der Waals surface area contributed by atoms with Gasteiger partial charge in [-0.15, -0.1) is 0 Å². The van der Waals surface area contributed by atoms with Gasteiger partial charge < -0.3 is 14.8 Å². The van der Waals surface area contributed by atoms with Crippen molar-refractivity contribution in [1.29, 1.82) is 0 Å². The topological polar surface area (TPSA) is 50.8 Å². The molecule has 2 unspecified atom stereocenters. The maximum atomic E-state index is 13.6. The van der Waals surface area contributed by atoms with Crippen molar-refractivity contribution in [3.05, 3.63) is 53.8 Å². The lowest BCUT2D eigenvalue weighted by molar-refractivity contribution is -0.123. The van der Waals surface area contributed by atoms with Crippen LogP contribution in [-0.2, 0) is 4.79 Å². The first kappa shape index (κ1) is 18.7. The van der Waals surface area contributed by atoms with Crippen molar-refractivity contribution >= 4 is 11.6 Å². The first-order chi connectivity index (χ1) is 13.6. The number of ether oxygens (including phenoxy) is 2. The van der Waals surface area contributed by atoms with Gasteiger partial charge in [-0.05, 0) is 55.6 Å². The molecule has 148 valence electrons. The zero-order chi connectivity index (χ0) is 19.5. The number of carbonyl (C=O) groups is 1. The van der Waals surface area contributed by atoms with Crippen LogP contribution in [0.4, 0.5) is 10.1 Å². The summed E-state index contributed by atoms with van der Waals surface area (Å²) in [4.78, 5) is 14.2. The molecule has 0 aromatic heterocycles. The van der Waals surface area contributed by atoms with Crippen LogP contribution < -0.4 is 14.8 Å². The maximum absolute atomic E-state index is 13.6. The lowest BCUT2D eigenvalue weighted by Crippen LogP contribution is -2.36. The molecule has 2 aliphatic rings. The summed E-state index contributed by atoms with van der Waals surface area (Å²) in [6.07, 6.45) is 2.30. The number of nitrogens with zero attached hydrogens (tertiary/aromatic N) is 1. The van der Waals surface area contributed by atoms with Crippen molar-refractivity contribution in [2.45, 2.75) is 38.3 Å². The number of hydrogen-bond donors (Lipinski definition) is 1. The largest absolute Gasteiger partial charge is 0.492 e. The van der Waals surface area contributed by atoms with Gasteiger partial charge >= 0.3 is 0 Å². The van der Waals surface area contributed by atoms with Crippen LogP contribution in [0.3, 0.4) is 0 Å². The van der Waals surface area contributed by atoms with Crippen LogP contribution in [0.2, 0.25) is 0 Å². The molecule has 2 atom stereocenters. The van der Waals surface area contributed by atoms with Crippen molar-refractivity contribution in [2.75, 3.05) is 25.0 Å². The van der Waals surface area contributed by atoms with E-state index in [0.29, 0.717) is 30.2 Å². The number of fused-ring (bicyclic) bond motifs is 1. The van der Waals surface area contributed by atoms with Crippen LogP contribution in [0.25, 0.3) is 0 Å². The van der Waals surface area contributed by atoms with E-state index in [1.807, 2.05) is 25.1 Å². The third kappa shape index (κ3) is 3.97. The molecule has 2 aliphatic heterocycles. The fourth-order valence-corrected chi connectivity index (χ4v) is 3.95. The Balaban J connectivity index is 1.36. The highest BCUT2D eigenvalue weighted by molar-refractivity contribution is 5.97. The standard InChI is InChI=1S/C22H25FN2O3/c1-2-20-22(26)24-18-9-8-17(14-21(18)28-20)27-12-11-25-10-4-7-19(25)15-5-3-6-16(23)13-15/h3,5-6,8-9,13-14,19-20H,2,4,7,10-12H2,1H3,(H,24,26). The molecule has 2 aromatic rings. The molecule has 1 fully saturated rings. The third-order valence-electron chi connectivity index (χ3n) is 5.39. The molecule has 28 heavy (non-hydrogen) atoms. The predicted octanol–water partition coefficient (Wildman–Crippen LogP) is 4.15. The zero-order valence-electron chi connectivity index (χ0n) is 16.0. The molecule has 0 radical (unpaired) electrons. The second-order valence-corrected chi connectivity index (χ2v) is 7.26. The molecule has 4 rings (SSSR count). The van der Waals surface area contributed by atoms with E-state index in [1.54, 1.807) is 18.2 Å². The van der Waals surface area contributed by atoms with E-state index in [1.165, 1.54) is 6.07 Å². The van der Waals surface area contributed by atoms with Gasteiger partial charge in [-0.3, -0.25) is 9.69 Å². The molecule has 5 nitrogen and oxygen atoms in total. The molecule has 0 aliphatic carbocycles. The molecule has 1 amide bonds. The second-order valence-electron chi connectivity index (χ2n) is 7.26. The molecular formula is C22H25FN2O3. The molecule has 0 spiro atoms. The van der Waals surface area contributed by atoms with E-state index in [9.17, 15) is 9.18 Å². The molecule has 1 saturated heterocycles. The van der Waals surface area contributed by atoms with E-state index < -0.39 is 6.10 Å². The van der Waals surface area contributed by atoms with Crippen molar-refractivity contribution < 1.29 is 18.7 Å². The van der Waals surface area contributed by atoms with Gasteiger partial charge in [0.15, 0.2) is 6.10 Å². The van der Waals surface area contributed by atoms with Gasteiger partial charge in [-0.1, -0.05) is 19.1 Å². The van der Waals surface area contributed by atoms with Crippen LogP contribution in [0, 0.1) is 5.82 Å². The molecule has 0 bridgehead atoms. The quantitative estimate of drug-likeness (QED) is 0.813. The highest BCUT2D eigenvalue weighted by Crippen LogP contribution is 2.34. The first-order valence-electron chi connectivity index (χ1n) is 9.88. The van der Waals surface area contributed by atoms with Crippen LogP contribution >= 0.6 is 0 Å². The molecule has 2 heterocycles. The van der Waals surface area contributed by atoms with Crippen LogP contribution in [0.5, 0.6) is 11.5 Å². The Morgan fingerprint density at radius 3 is 3.00 bits per heavy atom.